The topological polar surface area (TPSA) is 88.7 Å². The quantitative estimate of drug-likeness (QED) is 0.265. The number of amides is 1. The average Bonchev–Trinajstić information content (AvgIpc) is 3.47. The van der Waals surface area contributed by atoms with Crippen LogP contribution in [-0.2, 0) is 16.3 Å². The van der Waals surface area contributed by atoms with Crippen LogP contribution in [0.3, 0.4) is 0 Å². The summed E-state index contributed by atoms with van der Waals surface area (Å²) in [6.07, 6.45) is 1.01. The van der Waals surface area contributed by atoms with E-state index in [0.29, 0.717) is 35.1 Å². The molecule has 4 rings (SSSR count). The smallest absolute Gasteiger partial charge is 0.286 e. The van der Waals surface area contributed by atoms with Crippen LogP contribution in [0.2, 0.25) is 10.0 Å². The summed E-state index contributed by atoms with van der Waals surface area (Å²) in [4.78, 5) is 18.4. The van der Waals surface area contributed by atoms with Crippen molar-refractivity contribution >= 4 is 50.3 Å². The van der Waals surface area contributed by atoms with E-state index in [4.69, 9.17) is 29.8 Å². The monoisotopic (exact) mass is 575 g/mol. The summed E-state index contributed by atoms with van der Waals surface area (Å²) in [5, 5.41) is 7.14. The van der Waals surface area contributed by atoms with Crippen LogP contribution in [0, 0.1) is 18.4 Å². The molecule has 3 aromatic rings. The zero-order chi connectivity index (χ0) is 26.6. The Labute approximate surface area is 229 Å². The maximum Gasteiger partial charge on any atom is 0.286 e. The number of hydrazine groups is 1. The van der Waals surface area contributed by atoms with Crippen molar-refractivity contribution in [2.24, 2.45) is 0 Å². The molecule has 1 aromatic carbocycles. The van der Waals surface area contributed by atoms with E-state index >= 15 is 0 Å². The van der Waals surface area contributed by atoms with Gasteiger partial charge in [-0.2, -0.15) is 5.10 Å². The normalized spacial score (nSPS) is 15.0. The van der Waals surface area contributed by atoms with E-state index in [0.717, 1.165) is 21.0 Å². The minimum Gasteiger partial charge on any atom is -0.316 e. The second kappa shape index (κ2) is 11.7. The highest BCUT2D eigenvalue weighted by atomic mass is 35.5. The Bertz CT molecular complexity index is 1530. The van der Waals surface area contributed by atoms with Crippen molar-refractivity contribution in [3.05, 3.63) is 67.9 Å². The molecule has 0 aliphatic carbocycles. The lowest BCUT2D eigenvalue weighted by Crippen LogP contribution is -2.50. The van der Waals surface area contributed by atoms with E-state index in [-0.39, 0.29) is 30.3 Å². The molecule has 1 saturated heterocycles. The summed E-state index contributed by atoms with van der Waals surface area (Å²) in [6, 6.07) is 8.90. The van der Waals surface area contributed by atoms with Crippen molar-refractivity contribution in [3.63, 3.8) is 0 Å². The van der Waals surface area contributed by atoms with Crippen LogP contribution in [0.4, 0.5) is 0 Å². The van der Waals surface area contributed by atoms with Crippen molar-refractivity contribution in [1.82, 2.24) is 20.2 Å². The van der Waals surface area contributed by atoms with Crippen LogP contribution in [-0.4, -0.2) is 60.3 Å². The van der Waals surface area contributed by atoms with Gasteiger partial charge in [0.25, 0.3) is 5.91 Å². The predicted octanol–water partition coefficient (Wildman–Crippen LogP) is 4.51. The Morgan fingerprint density at radius 3 is 2.68 bits per heavy atom. The summed E-state index contributed by atoms with van der Waals surface area (Å²) in [5.41, 5.74) is 5.06. The molecule has 1 fully saturated rings. The fraction of sp³-hybridized carbons (Fsp3) is 0.320. The number of nitrogens with one attached hydrogen (secondary N) is 1. The van der Waals surface area contributed by atoms with E-state index in [2.05, 4.69) is 27.2 Å². The highest BCUT2D eigenvalue weighted by Crippen LogP contribution is 2.36. The van der Waals surface area contributed by atoms with Gasteiger partial charge in [0.1, 0.15) is 0 Å². The third kappa shape index (κ3) is 6.35. The highest BCUT2D eigenvalue weighted by Gasteiger charge is 2.28. The first-order chi connectivity index (χ1) is 17.7. The van der Waals surface area contributed by atoms with Crippen molar-refractivity contribution in [2.45, 2.75) is 19.8 Å². The summed E-state index contributed by atoms with van der Waals surface area (Å²) in [5.74, 6) is 5.66. The van der Waals surface area contributed by atoms with Gasteiger partial charge in [-0.3, -0.25) is 10.2 Å². The van der Waals surface area contributed by atoms with E-state index in [1.54, 1.807) is 27.9 Å². The molecule has 12 heteroatoms. The van der Waals surface area contributed by atoms with Crippen LogP contribution in [0.1, 0.15) is 34.3 Å². The number of hydrogen-bond acceptors (Lipinski definition) is 6. The Balaban J connectivity index is 1.76. The number of carbonyl (C=O) groups is 1. The van der Waals surface area contributed by atoms with Crippen molar-refractivity contribution in [1.29, 1.82) is 0 Å². The van der Waals surface area contributed by atoms with Gasteiger partial charge in [-0.15, -0.1) is 11.3 Å². The molecular formula is C25H23Cl2N5O3S2. The molecule has 37 heavy (non-hydrogen) atoms. The standard InChI is InChI=1S/C25H23Cl2N5O3S2/c1-3-19-23(25(33)30-31-12-14-37(34,35)15-13-31)29-32(21-9-7-17(26)16-20(21)27)24(19)22-10-8-18(36-22)6-4-5-11-28-2/h7-10,16H,3,5,11-15H2,1H3,(H,30,33). The number of halogens is 2. The number of thiophene rings is 1. The highest BCUT2D eigenvalue weighted by molar-refractivity contribution is 7.91. The second-order valence-corrected chi connectivity index (χ2v) is 12.4. The van der Waals surface area contributed by atoms with E-state index in [1.165, 1.54) is 11.3 Å². The minimum atomic E-state index is -3.08. The zero-order valence-corrected chi connectivity index (χ0v) is 23.1. The molecule has 0 bridgehead atoms. The molecule has 3 heterocycles. The molecule has 0 unspecified atom stereocenters. The number of carbonyl (C=O) groups excluding carboxylic acids is 1. The summed E-state index contributed by atoms with van der Waals surface area (Å²) >= 11 is 14.1. The van der Waals surface area contributed by atoms with Gasteiger partial charge >= 0.3 is 0 Å². The van der Waals surface area contributed by atoms with Crippen LogP contribution in [0.5, 0.6) is 0 Å². The Morgan fingerprint density at radius 1 is 1.24 bits per heavy atom. The number of rotatable bonds is 6. The van der Waals surface area contributed by atoms with Gasteiger partial charge in [-0.05, 0) is 36.8 Å². The summed E-state index contributed by atoms with van der Waals surface area (Å²) < 4.78 is 25.2. The first kappa shape index (κ1) is 27.2. The van der Waals surface area contributed by atoms with Gasteiger partial charge in [0.2, 0.25) is 6.54 Å². The Kier molecular flexibility index (Phi) is 8.58. The van der Waals surface area contributed by atoms with Crippen LogP contribution in [0.15, 0.2) is 30.3 Å². The molecule has 8 nitrogen and oxygen atoms in total. The first-order valence-corrected chi connectivity index (χ1v) is 14.9. The number of hydrogen-bond donors (Lipinski definition) is 1. The SMILES string of the molecule is [C-]#[N+]CCC#Cc1ccc(-c2c(CC)c(C(=O)NN3CCS(=O)(=O)CC3)nn2-c2ccc(Cl)cc2Cl)s1. The van der Waals surface area contributed by atoms with Gasteiger partial charge in [-0.25, -0.2) is 24.7 Å². The van der Waals surface area contributed by atoms with Crippen LogP contribution in [0.25, 0.3) is 21.1 Å². The lowest BCUT2D eigenvalue weighted by atomic mass is 10.1. The van der Waals surface area contributed by atoms with Gasteiger partial charge in [0, 0.05) is 23.7 Å². The Hall–Kier alpha value is -2.86. The largest absolute Gasteiger partial charge is 0.316 e. The zero-order valence-electron chi connectivity index (χ0n) is 19.9. The average molecular weight is 577 g/mol. The van der Waals surface area contributed by atoms with Crippen molar-refractivity contribution in [2.75, 3.05) is 31.1 Å². The fourth-order valence-electron chi connectivity index (χ4n) is 3.86. The number of aromatic nitrogens is 2. The third-order valence-electron chi connectivity index (χ3n) is 5.69. The minimum absolute atomic E-state index is 0.0110. The van der Waals surface area contributed by atoms with Gasteiger partial charge in [0.15, 0.2) is 15.5 Å². The van der Waals surface area contributed by atoms with E-state index in [1.807, 2.05) is 19.1 Å². The third-order valence-corrected chi connectivity index (χ3v) is 8.85. The molecule has 0 atom stereocenters. The van der Waals surface area contributed by atoms with Gasteiger partial charge < -0.3 is 4.85 Å². The molecule has 1 aliphatic heterocycles. The van der Waals surface area contributed by atoms with E-state index < -0.39 is 15.7 Å². The lowest BCUT2D eigenvalue weighted by molar-refractivity contribution is 0.0795. The molecule has 1 N–H and O–H groups in total. The van der Waals surface area contributed by atoms with Gasteiger partial charge in [-0.1, -0.05) is 42.0 Å². The van der Waals surface area contributed by atoms with Gasteiger partial charge in [0.05, 0.1) is 44.1 Å². The fourth-order valence-corrected chi connectivity index (χ4v) is 6.49. The van der Waals surface area contributed by atoms with Crippen molar-refractivity contribution in [3.8, 4) is 28.1 Å². The maximum absolute atomic E-state index is 13.4. The molecule has 0 saturated carbocycles. The first-order valence-electron chi connectivity index (χ1n) is 11.5. The molecule has 2 aromatic heterocycles. The second-order valence-electron chi connectivity index (χ2n) is 8.21. The number of nitrogens with zero attached hydrogens (tertiary/aromatic N) is 4. The van der Waals surface area contributed by atoms with Crippen molar-refractivity contribution < 1.29 is 13.2 Å². The summed E-state index contributed by atoms with van der Waals surface area (Å²) in [6.45, 7) is 9.61. The predicted molar refractivity (Wildman–Crippen MR) is 147 cm³/mol. The molecule has 192 valence electrons. The molecule has 0 spiro atoms. The number of benzene rings is 1. The van der Waals surface area contributed by atoms with Crippen LogP contribution < -0.4 is 5.43 Å². The van der Waals surface area contributed by atoms with E-state index in [9.17, 15) is 13.2 Å². The number of sulfone groups is 1. The molecule has 1 amide bonds. The summed E-state index contributed by atoms with van der Waals surface area (Å²) in [7, 11) is -3.08. The molecular weight excluding hydrogens is 553 g/mol. The van der Waals surface area contributed by atoms with Crippen LogP contribution >= 0.6 is 34.5 Å². The lowest BCUT2D eigenvalue weighted by Gasteiger charge is -2.26. The maximum atomic E-state index is 13.4. The molecule has 0 radical (unpaired) electrons. The Morgan fingerprint density at radius 2 is 2.00 bits per heavy atom. The molecule has 1 aliphatic rings.